The van der Waals surface area contributed by atoms with E-state index in [0.29, 0.717) is 32.7 Å². The van der Waals surface area contributed by atoms with Crippen LogP contribution in [-0.2, 0) is 16.6 Å². The predicted molar refractivity (Wildman–Crippen MR) is 71.3 cm³/mol. The molecule has 1 aliphatic heterocycles. The van der Waals surface area contributed by atoms with Gasteiger partial charge in [-0.05, 0) is 12.1 Å². The van der Waals surface area contributed by atoms with Crippen molar-refractivity contribution in [3.8, 4) is 0 Å². The third kappa shape index (κ3) is 2.62. The molecule has 0 radical (unpaired) electrons. The van der Waals surface area contributed by atoms with Gasteiger partial charge >= 0.3 is 0 Å². The van der Waals surface area contributed by atoms with Crippen LogP contribution in [0.5, 0.6) is 0 Å². The van der Waals surface area contributed by atoms with Gasteiger partial charge in [0.05, 0.1) is 19.0 Å². The van der Waals surface area contributed by atoms with Gasteiger partial charge in [0, 0.05) is 32.4 Å². The van der Waals surface area contributed by atoms with Gasteiger partial charge in [-0.2, -0.15) is 9.40 Å². The molecule has 0 spiro atoms. The largest absolute Gasteiger partial charge is 0.468 e. The van der Waals surface area contributed by atoms with Crippen LogP contribution in [0, 0.1) is 0 Å². The molecule has 1 N–H and O–H groups in total. The molecule has 20 heavy (non-hydrogen) atoms. The minimum Gasteiger partial charge on any atom is -0.468 e. The van der Waals surface area contributed by atoms with Crippen LogP contribution in [0.25, 0.3) is 0 Å². The molecular formula is C12H16N4O3S. The van der Waals surface area contributed by atoms with Crippen LogP contribution in [0.3, 0.4) is 0 Å². The number of sulfonamides is 1. The van der Waals surface area contributed by atoms with Crippen LogP contribution >= 0.6 is 0 Å². The second-order valence-electron chi connectivity index (χ2n) is 4.69. The van der Waals surface area contributed by atoms with E-state index < -0.39 is 10.0 Å². The van der Waals surface area contributed by atoms with Gasteiger partial charge in [0.1, 0.15) is 10.7 Å². The molecular weight excluding hydrogens is 280 g/mol. The first-order chi connectivity index (χ1) is 9.66. The summed E-state index contributed by atoms with van der Waals surface area (Å²) in [5.41, 5.74) is 0. The van der Waals surface area contributed by atoms with Crippen molar-refractivity contribution in [1.29, 1.82) is 0 Å². The Balaban J connectivity index is 1.61. The van der Waals surface area contributed by atoms with Crippen LogP contribution in [-0.4, -0.2) is 54.0 Å². The number of aromatic nitrogens is 2. The van der Waals surface area contributed by atoms with Crippen LogP contribution < -0.4 is 0 Å². The second kappa shape index (κ2) is 5.39. The summed E-state index contributed by atoms with van der Waals surface area (Å²) in [7, 11) is -3.41. The fraction of sp³-hybridized carbons (Fsp3) is 0.417. The Bertz CT molecular complexity index is 628. The Morgan fingerprint density at radius 3 is 2.70 bits per heavy atom. The van der Waals surface area contributed by atoms with Gasteiger partial charge in [0.2, 0.25) is 10.0 Å². The maximum absolute atomic E-state index is 12.3. The zero-order chi connectivity index (χ0) is 14.0. The van der Waals surface area contributed by atoms with Crippen LogP contribution in [0.2, 0.25) is 0 Å². The van der Waals surface area contributed by atoms with Crippen molar-refractivity contribution >= 4 is 10.0 Å². The molecule has 0 aliphatic carbocycles. The number of rotatable bonds is 4. The van der Waals surface area contributed by atoms with Crippen LogP contribution in [0.4, 0.5) is 0 Å². The summed E-state index contributed by atoms with van der Waals surface area (Å²) in [5.74, 6) is 0.899. The highest BCUT2D eigenvalue weighted by Gasteiger charge is 2.29. The van der Waals surface area contributed by atoms with E-state index in [4.69, 9.17) is 4.42 Å². The maximum atomic E-state index is 12.3. The lowest BCUT2D eigenvalue weighted by Crippen LogP contribution is -2.48. The SMILES string of the molecule is O=S(=O)(c1cn[nH]c1)N1CCN(Cc2ccco2)CC1. The zero-order valence-corrected chi connectivity index (χ0v) is 11.7. The monoisotopic (exact) mass is 296 g/mol. The summed E-state index contributed by atoms with van der Waals surface area (Å²) in [6.45, 7) is 3.06. The summed E-state index contributed by atoms with van der Waals surface area (Å²) >= 11 is 0. The first-order valence-corrected chi connectivity index (χ1v) is 7.84. The van der Waals surface area contributed by atoms with Crippen molar-refractivity contribution in [2.24, 2.45) is 0 Å². The Morgan fingerprint density at radius 1 is 1.30 bits per heavy atom. The molecule has 7 nitrogen and oxygen atoms in total. The van der Waals surface area contributed by atoms with Crippen molar-refractivity contribution in [2.75, 3.05) is 26.2 Å². The third-order valence-corrected chi connectivity index (χ3v) is 5.27. The van der Waals surface area contributed by atoms with E-state index in [1.807, 2.05) is 12.1 Å². The topological polar surface area (TPSA) is 82.4 Å². The van der Waals surface area contributed by atoms with Crippen LogP contribution in [0.1, 0.15) is 5.76 Å². The smallest absolute Gasteiger partial charge is 0.246 e. The van der Waals surface area contributed by atoms with E-state index in [1.165, 1.54) is 16.7 Å². The Kier molecular flexibility index (Phi) is 3.60. The summed E-state index contributed by atoms with van der Waals surface area (Å²) in [4.78, 5) is 2.40. The quantitative estimate of drug-likeness (QED) is 0.889. The van der Waals surface area contributed by atoms with E-state index in [2.05, 4.69) is 15.1 Å². The van der Waals surface area contributed by atoms with Gasteiger partial charge in [-0.3, -0.25) is 10.00 Å². The Morgan fingerprint density at radius 2 is 2.10 bits per heavy atom. The van der Waals surface area contributed by atoms with Gasteiger partial charge in [-0.15, -0.1) is 0 Å². The highest BCUT2D eigenvalue weighted by Crippen LogP contribution is 2.17. The number of nitrogens with one attached hydrogen (secondary N) is 1. The lowest BCUT2D eigenvalue weighted by Gasteiger charge is -2.33. The van der Waals surface area contributed by atoms with Crippen LogP contribution in [0.15, 0.2) is 40.1 Å². The van der Waals surface area contributed by atoms with Crippen molar-refractivity contribution in [3.05, 3.63) is 36.5 Å². The maximum Gasteiger partial charge on any atom is 0.246 e. The number of nitrogens with zero attached hydrogens (tertiary/aromatic N) is 3. The highest BCUT2D eigenvalue weighted by atomic mass is 32.2. The minimum absolute atomic E-state index is 0.219. The van der Waals surface area contributed by atoms with Crippen molar-refractivity contribution in [2.45, 2.75) is 11.4 Å². The second-order valence-corrected chi connectivity index (χ2v) is 6.63. The van der Waals surface area contributed by atoms with E-state index in [0.717, 1.165) is 5.76 Å². The predicted octanol–water partition coefficient (Wildman–Crippen LogP) is 0.509. The van der Waals surface area contributed by atoms with E-state index >= 15 is 0 Å². The fourth-order valence-corrected chi connectivity index (χ4v) is 3.61. The third-order valence-electron chi connectivity index (χ3n) is 3.40. The van der Waals surface area contributed by atoms with E-state index in [1.54, 1.807) is 6.26 Å². The molecule has 0 saturated carbocycles. The van der Waals surface area contributed by atoms with Gasteiger partial charge in [0.25, 0.3) is 0 Å². The molecule has 2 aromatic rings. The van der Waals surface area contributed by atoms with Crippen molar-refractivity contribution in [1.82, 2.24) is 19.4 Å². The van der Waals surface area contributed by atoms with Gasteiger partial charge < -0.3 is 4.42 Å². The van der Waals surface area contributed by atoms with E-state index in [9.17, 15) is 8.42 Å². The standard InChI is InChI=1S/C12H16N4O3S/c17-20(18,12-8-13-14-9-12)16-5-3-15(4-6-16)10-11-2-1-7-19-11/h1-2,7-9H,3-6,10H2,(H,13,14). The Labute approximate surface area is 117 Å². The lowest BCUT2D eigenvalue weighted by atomic mass is 10.3. The van der Waals surface area contributed by atoms with E-state index in [-0.39, 0.29) is 4.90 Å². The normalized spacial score (nSPS) is 18.4. The summed E-state index contributed by atoms with van der Waals surface area (Å²) in [6, 6.07) is 3.78. The number of hydrogen-bond acceptors (Lipinski definition) is 5. The van der Waals surface area contributed by atoms with Crippen molar-refractivity contribution < 1.29 is 12.8 Å². The molecule has 2 aromatic heterocycles. The average Bonchev–Trinajstić information content (AvgIpc) is 3.12. The Hall–Kier alpha value is -1.64. The number of furan rings is 1. The molecule has 108 valence electrons. The highest BCUT2D eigenvalue weighted by molar-refractivity contribution is 7.89. The molecule has 0 bridgehead atoms. The minimum atomic E-state index is -3.41. The summed E-state index contributed by atoms with van der Waals surface area (Å²) in [5, 5.41) is 6.23. The number of H-pyrrole nitrogens is 1. The number of aromatic amines is 1. The fourth-order valence-electron chi connectivity index (χ4n) is 2.28. The molecule has 0 atom stereocenters. The molecule has 8 heteroatoms. The first-order valence-electron chi connectivity index (χ1n) is 6.40. The zero-order valence-electron chi connectivity index (χ0n) is 10.9. The summed E-state index contributed by atoms with van der Waals surface area (Å²) < 4.78 is 31.4. The number of hydrogen-bond donors (Lipinski definition) is 1. The first kappa shape index (κ1) is 13.3. The summed E-state index contributed by atoms with van der Waals surface area (Å²) in [6.07, 6.45) is 4.39. The lowest BCUT2D eigenvalue weighted by molar-refractivity contribution is 0.171. The molecule has 0 unspecified atom stereocenters. The average molecular weight is 296 g/mol. The molecule has 0 aromatic carbocycles. The number of piperazine rings is 1. The molecule has 1 saturated heterocycles. The van der Waals surface area contributed by atoms with Gasteiger partial charge in [-0.25, -0.2) is 8.42 Å². The molecule has 3 rings (SSSR count). The molecule has 1 fully saturated rings. The molecule has 0 amide bonds. The van der Waals surface area contributed by atoms with Gasteiger partial charge in [0.15, 0.2) is 0 Å². The van der Waals surface area contributed by atoms with Gasteiger partial charge in [-0.1, -0.05) is 0 Å². The molecule has 3 heterocycles. The van der Waals surface area contributed by atoms with Crippen molar-refractivity contribution in [3.63, 3.8) is 0 Å². The molecule has 1 aliphatic rings.